The molecule has 7 nitrogen and oxygen atoms in total. The Labute approximate surface area is 162 Å². The zero-order valence-corrected chi connectivity index (χ0v) is 15.2. The van der Waals surface area contributed by atoms with E-state index >= 15 is 0 Å². The summed E-state index contributed by atoms with van der Waals surface area (Å²) in [5.41, 5.74) is 0.722. The fraction of sp³-hybridized carbons (Fsp3) is 0.0556. The Bertz CT molecular complexity index is 1030. The van der Waals surface area contributed by atoms with E-state index < -0.39 is 5.97 Å². The van der Waals surface area contributed by atoms with E-state index in [4.69, 9.17) is 26.8 Å². The zero-order valence-electron chi connectivity index (χ0n) is 13.5. The van der Waals surface area contributed by atoms with Crippen LogP contribution < -0.4 is 14.4 Å². The van der Waals surface area contributed by atoms with Gasteiger partial charge in [0.25, 0.3) is 5.91 Å². The van der Waals surface area contributed by atoms with Crippen LogP contribution >= 0.6 is 24.0 Å². The fourth-order valence-corrected chi connectivity index (χ4v) is 3.98. The number of nitrogens with zero attached hydrogens (tertiary/aromatic N) is 1. The van der Waals surface area contributed by atoms with Gasteiger partial charge < -0.3 is 19.7 Å². The van der Waals surface area contributed by atoms with Gasteiger partial charge in [-0.1, -0.05) is 30.0 Å². The number of anilines is 1. The monoisotopic (exact) mass is 401 g/mol. The molecule has 0 aliphatic carbocycles. The van der Waals surface area contributed by atoms with Crippen molar-refractivity contribution in [3.05, 3.63) is 52.4 Å². The number of hydrogen-bond acceptors (Lipinski definition) is 7. The molecule has 1 fully saturated rings. The molecule has 0 saturated carbocycles. The summed E-state index contributed by atoms with van der Waals surface area (Å²) in [4.78, 5) is 25.7. The van der Waals surface area contributed by atoms with Gasteiger partial charge in [-0.2, -0.15) is 0 Å². The maximum absolute atomic E-state index is 12.8. The lowest BCUT2D eigenvalue weighted by Gasteiger charge is -2.15. The number of carbonyl (C=O) groups is 2. The highest BCUT2D eigenvalue weighted by atomic mass is 32.2. The first kappa shape index (κ1) is 17.4. The summed E-state index contributed by atoms with van der Waals surface area (Å²) < 4.78 is 10.9. The number of thiocarbonyl (C=S) groups is 1. The van der Waals surface area contributed by atoms with Crippen LogP contribution in [0.1, 0.15) is 15.9 Å². The lowest BCUT2D eigenvalue weighted by molar-refractivity contribution is -0.113. The summed E-state index contributed by atoms with van der Waals surface area (Å²) in [6.45, 7) is 0.160. The molecule has 2 aromatic carbocycles. The first-order valence-electron chi connectivity index (χ1n) is 7.68. The Hall–Kier alpha value is -3.04. The third-order valence-electron chi connectivity index (χ3n) is 3.96. The van der Waals surface area contributed by atoms with Crippen LogP contribution in [0.25, 0.3) is 6.08 Å². The van der Waals surface area contributed by atoms with Crippen molar-refractivity contribution in [2.75, 3.05) is 11.7 Å². The van der Waals surface area contributed by atoms with Gasteiger partial charge >= 0.3 is 5.97 Å². The summed E-state index contributed by atoms with van der Waals surface area (Å²) >= 11 is 6.40. The molecule has 2 heterocycles. The van der Waals surface area contributed by atoms with Gasteiger partial charge in [0.05, 0.1) is 10.6 Å². The van der Waals surface area contributed by atoms with Gasteiger partial charge in [0.2, 0.25) is 6.79 Å². The molecule has 0 unspecified atom stereocenters. The number of thioether (sulfide) groups is 1. The van der Waals surface area contributed by atoms with Crippen LogP contribution in [0.15, 0.2) is 41.3 Å². The number of fused-ring (bicyclic) bond motifs is 1. The van der Waals surface area contributed by atoms with Gasteiger partial charge in [0.15, 0.2) is 15.8 Å². The molecule has 1 amide bonds. The van der Waals surface area contributed by atoms with E-state index in [0.717, 1.165) is 17.3 Å². The van der Waals surface area contributed by atoms with E-state index in [9.17, 15) is 14.7 Å². The first-order valence-corrected chi connectivity index (χ1v) is 8.90. The zero-order chi connectivity index (χ0) is 19.1. The van der Waals surface area contributed by atoms with Gasteiger partial charge in [0, 0.05) is 0 Å². The Morgan fingerprint density at radius 2 is 1.96 bits per heavy atom. The number of benzene rings is 2. The van der Waals surface area contributed by atoms with Crippen molar-refractivity contribution in [2.24, 2.45) is 0 Å². The van der Waals surface area contributed by atoms with Crippen molar-refractivity contribution in [3.63, 3.8) is 0 Å². The Morgan fingerprint density at radius 1 is 1.19 bits per heavy atom. The van der Waals surface area contributed by atoms with Gasteiger partial charge in [-0.25, -0.2) is 4.79 Å². The minimum atomic E-state index is -1.30. The van der Waals surface area contributed by atoms with E-state index in [1.54, 1.807) is 24.3 Å². The largest absolute Gasteiger partial charge is 0.507 e. The minimum absolute atomic E-state index is 0.160. The number of carbonyl (C=O) groups excluding carboxylic acids is 1. The predicted octanol–water partition coefficient (Wildman–Crippen LogP) is 3.22. The van der Waals surface area contributed by atoms with E-state index in [2.05, 4.69) is 0 Å². The third-order valence-corrected chi connectivity index (χ3v) is 5.26. The molecule has 0 bridgehead atoms. The first-order chi connectivity index (χ1) is 12.9. The van der Waals surface area contributed by atoms with Gasteiger partial charge in [-0.05, 0) is 42.0 Å². The number of amides is 1. The lowest BCUT2D eigenvalue weighted by atomic mass is 10.1. The predicted molar refractivity (Wildman–Crippen MR) is 103 cm³/mol. The summed E-state index contributed by atoms with van der Waals surface area (Å²) in [5, 5.41) is 18.8. The molecule has 2 N–H and O–H groups in total. The van der Waals surface area contributed by atoms with Crippen molar-refractivity contribution in [3.8, 4) is 17.2 Å². The molecule has 2 aromatic rings. The fourth-order valence-electron chi connectivity index (χ4n) is 2.68. The molecular weight excluding hydrogens is 390 g/mol. The van der Waals surface area contributed by atoms with Crippen molar-refractivity contribution < 1.29 is 29.3 Å². The van der Waals surface area contributed by atoms with Crippen molar-refractivity contribution in [2.45, 2.75) is 0 Å². The molecule has 0 atom stereocenters. The van der Waals surface area contributed by atoms with Crippen LogP contribution in [0.3, 0.4) is 0 Å². The second kappa shape index (κ2) is 6.60. The topological polar surface area (TPSA) is 96.3 Å². The number of aromatic hydroxyl groups is 1. The molecule has 136 valence electrons. The summed E-state index contributed by atoms with van der Waals surface area (Å²) in [6, 6.07) is 9.19. The second-order valence-corrected chi connectivity index (χ2v) is 7.31. The van der Waals surface area contributed by atoms with Gasteiger partial charge in [-0.15, -0.1) is 0 Å². The molecule has 2 aliphatic rings. The maximum Gasteiger partial charge on any atom is 0.339 e. The standard InChI is InChI=1S/C18H11NO6S2/c20-12-3-2-10(7-11(12)17(22)23)19-16(21)15(27-18(19)26)6-9-1-4-13-14(5-9)25-8-24-13/h1-7,20H,8H2,(H,22,23)/b15-6+. The van der Waals surface area contributed by atoms with E-state index in [1.165, 1.54) is 23.1 Å². The highest BCUT2D eigenvalue weighted by Crippen LogP contribution is 2.39. The second-order valence-electron chi connectivity index (χ2n) is 5.64. The maximum atomic E-state index is 12.8. The van der Waals surface area contributed by atoms with Gasteiger partial charge in [0.1, 0.15) is 11.3 Å². The quantitative estimate of drug-likeness (QED) is 0.598. The average molecular weight is 401 g/mol. The summed E-state index contributed by atoms with van der Waals surface area (Å²) in [5.74, 6) is -0.804. The van der Waals surface area contributed by atoms with Crippen LogP contribution in [0.5, 0.6) is 17.2 Å². The normalized spacial score (nSPS) is 17.0. The third kappa shape index (κ3) is 3.11. The molecule has 0 aromatic heterocycles. The van der Waals surface area contributed by atoms with E-state index in [-0.39, 0.29) is 34.0 Å². The number of carboxylic acid groups (broad SMARTS) is 1. The number of aromatic carboxylic acids is 1. The number of carboxylic acids is 1. The highest BCUT2D eigenvalue weighted by molar-refractivity contribution is 8.27. The molecular formula is C18H11NO6S2. The number of phenols is 1. The van der Waals surface area contributed by atoms with Crippen LogP contribution in [0.2, 0.25) is 0 Å². The molecule has 0 radical (unpaired) electrons. The van der Waals surface area contributed by atoms with Crippen LogP contribution in [0.4, 0.5) is 5.69 Å². The molecule has 4 rings (SSSR count). The summed E-state index contributed by atoms with van der Waals surface area (Å²) in [7, 11) is 0. The smallest absolute Gasteiger partial charge is 0.339 e. The van der Waals surface area contributed by atoms with E-state index in [1.807, 2.05) is 0 Å². The van der Waals surface area contributed by atoms with Crippen molar-refractivity contribution in [1.29, 1.82) is 0 Å². The molecule has 0 spiro atoms. The Morgan fingerprint density at radius 3 is 2.74 bits per heavy atom. The molecule has 9 heteroatoms. The number of ether oxygens (including phenoxy) is 2. The van der Waals surface area contributed by atoms with Crippen molar-refractivity contribution >= 4 is 51.9 Å². The van der Waals surface area contributed by atoms with Crippen LogP contribution in [0, 0.1) is 0 Å². The lowest BCUT2D eigenvalue weighted by Crippen LogP contribution is -2.27. The van der Waals surface area contributed by atoms with Crippen LogP contribution in [-0.2, 0) is 4.79 Å². The van der Waals surface area contributed by atoms with E-state index in [0.29, 0.717) is 16.4 Å². The summed E-state index contributed by atoms with van der Waals surface area (Å²) in [6.07, 6.45) is 1.68. The highest BCUT2D eigenvalue weighted by Gasteiger charge is 2.34. The van der Waals surface area contributed by atoms with Gasteiger partial charge in [-0.3, -0.25) is 9.69 Å². The molecule has 1 saturated heterocycles. The minimum Gasteiger partial charge on any atom is -0.507 e. The van der Waals surface area contributed by atoms with Crippen LogP contribution in [-0.4, -0.2) is 33.2 Å². The Balaban J connectivity index is 1.66. The molecule has 27 heavy (non-hydrogen) atoms. The Kier molecular flexibility index (Phi) is 4.25. The SMILES string of the molecule is O=C(O)c1cc(N2C(=O)/C(=C\c3ccc4c(c3)OCO4)SC2=S)ccc1O. The number of rotatable bonds is 3. The molecule has 2 aliphatic heterocycles. The van der Waals surface area contributed by atoms with Crippen molar-refractivity contribution in [1.82, 2.24) is 0 Å². The number of hydrogen-bond donors (Lipinski definition) is 2. The average Bonchev–Trinajstić information content (AvgIpc) is 3.20.